The van der Waals surface area contributed by atoms with Crippen LogP contribution < -0.4 is 31.9 Å². The van der Waals surface area contributed by atoms with E-state index in [1.165, 1.54) is 6.92 Å². The number of aromatic nitrogens is 1. The summed E-state index contributed by atoms with van der Waals surface area (Å²) in [6.07, 6.45) is 2.12. The Morgan fingerprint density at radius 2 is 1.21 bits per heavy atom. The first kappa shape index (κ1) is 41.5. The molecular weight excluding hydrogens is 670 g/mol. The third-order valence-corrected chi connectivity index (χ3v) is 9.69. The Hall–Kier alpha value is -4.95. The van der Waals surface area contributed by atoms with Gasteiger partial charge in [0, 0.05) is 29.9 Å². The SMILES string of the molecule is CC[C@H](C)[C@@H]1NC(=O)[C@@H]([C@@H](C)CC)NC(=O)[C@H](C)NC(=O)[C@@H](CCC(=O)O)NC(=O)[C@@H](Cc2c[nH]c3ccccc23)NC(=O)[C@H](CC(C)C)NC1=O. The molecule has 8 N–H and O–H groups in total. The highest BCUT2D eigenvalue weighted by atomic mass is 16.4. The van der Waals surface area contributed by atoms with E-state index in [0.717, 1.165) is 10.9 Å². The Bertz CT molecular complexity index is 1610. The molecular formula is C37H55N7O8. The fourth-order valence-corrected chi connectivity index (χ4v) is 6.08. The van der Waals surface area contributed by atoms with Crippen molar-refractivity contribution in [1.82, 2.24) is 36.9 Å². The minimum absolute atomic E-state index is 0.0153. The van der Waals surface area contributed by atoms with Crippen molar-refractivity contribution in [3.05, 3.63) is 36.0 Å². The van der Waals surface area contributed by atoms with Crippen molar-refractivity contribution >= 4 is 52.3 Å². The van der Waals surface area contributed by atoms with Crippen LogP contribution >= 0.6 is 0 Å². The number of H-pyrrole nitrogens is 1. The number of hydrogen-bond acceptors (Lipinski definition) is 7. The number of nitrogens with one attached hydrogen (secondary N) is 7. The third-order valence-electron chi connectivity index (χ3n) is 9.69. The molecule has 15 heteroatoms. The van der Waals surface area contributed by atoms with E-state index in [2.05, 4.69) is 36.9 Å². The maximum atomic E-state index is 14.1. The second-order valence-corrected chi connectivity index (χ2v) is 14.3. The molecule has 0 aliphatic carbocycles. The quantitative estimate of drug-likeness (QED) is 0.170. The number of amides is 6. The van der Waals surface area contributed by atoms with Gasteiger partial charge in [0.25, 0.3) is 0 Å². The smallest absolute Gasteiger partial charge is 0.303 e. The Balaban J connectivity index is 2.12. The monoisotopic (exact) mass is 725 g/mol. The second-order valence-electron chi connectivity index (χ2n) is 14.3. The number of carbonyl (C=O) groups is 7. The zero-order chi connectivity index (χ0) is 38.7. The topological polar surface area (TPSA) is 228 Å². The van der Waals surface area contributed by atoms with Crippen LogP contribution in [0.1, 0.15) is 86.1 Å². The van der Waals surface area contributed by atoms with E-state index in [4.69, 9.17) is 0 Å². The lowest BCUT2D eigenvalue weighted by atomic mass is 9.94. The van der Waals surface area contributed by atoms with Crippen LogP contribution in [0.2, 0.25) is 0 Å². The van der Waals surface area contributed by atoms with E-state index in [1.807, 2.05) is 52.0 Å². The van der Waals surface area contributed by atoms with Gasteiger partial charge in [-0.1, -0.05) is 72.6 Å². The highest BCUT2D eigenvalue weighted by Crippen LogP contribution is 2.20. The molecule has 52 heavy (non-hydrogen) atoms. The maximum absolute atomic E-state index is 14.1. The summed E-state index contributed by atoms with van der Waals surface area (Å²) >= 11 is 0. The molecule has 286 valence electrons. The fraction of sp³-hybridized carbons (Fsp3) is 0.595. The molecule has 1 aromatic carbocycles. The molecule has 0 unspecified atom stereocenters. The van der Waals surface area contributed by atoms with Gasteiger partial charge in [-0.15, -0.1) is 0 Å². The maximum Gasteiger partial charge on any atom is 0.303 e. The Labute approximate surface area is 304 Å². The number of carbonyl (C=O) groups excluding carboxylic acids is 6. The van der Waals surface area contributed by atoms with E-state index in [0.29, 0.717) is 18.4 Å². The van der Waals surface area contributed by atoms with Gasteiger partial charge in [0.05, 0.1) is 0 Å². The van der Waals surface area contributed by atoms with Gasteiger partial charge >= 0.3 is 5.97 Å². The van der Waals surface area contributed by atoms with Gasteiger partial charge in [0.1, 0.15) is 36.3 Å². The number of rotatable bonds is 11. The molecule has 1 aromatic heterocycles. The number of carboxylic acids is 1. The van der Waals surface area contributed by atoms with E-state index < -0.39 is 84.1 Å². The Kier molecular flexibility index (Phi) is 15.2. The van der Waals surface area contributed by atoms with Crippen LogP contribution in [-0.4, -0.2) is 87.8 Å². The zero-order valence-electron chi connectivity index (χ0n) is 31.1. The molecule has 8 atom stereocenters. The second kappa shape index (κ2) is 19.0. The van der Waals surface area contributed by atoms with Crippen molar-refractivity contribution in [3.63, 3.8) is 0 Å². The molecule has 3 rings (SSSR count). The first-order valence-electron chi connectivity index (χ1n) is 18.1. The Morgan fingerprint density at radius 3 is 1.81 bits per heavy atom. The molecule has 0 saturated carbocycles. The van der Waals surface area contributed by atoms with E-state index in [9.17, 15) is 38.7 Å². The molecule has 0 radical (unpaired) electrons. The van der Waals surface area contributed by atoms with Gasteiger partial charge in [0.2, 0.25) is 35.4 Å². The first-order valence-corrected chi connectivity index (χ1v) is 18.1. The van der Waals surface area contributed by atoms with Gasteiger partial charge in [-0.2, -0.15) is 0 Å². The van der Waals surface area contributed by atoms with Crippen LogP contribution in [-0.2, 0) is 40.0 Å². The molecule has 2 aromatic rings. The lowest BCUT2D eigenvalue weighted by Gasteiger charge is -2.31. The predicted octanol–water partition coefficient (Wildman–Crippen LogP) is 1.66. The van der Waals surface area contributed by atoms with Gasteiger partial charge in [-0.25, -0.2) is 0 Å². The van der Waals surface area contributed by atoms with Crippen molar-refractivity contribution in [1.29, 1.82) is 0 Å². The van der Waals surface area contributed by atoms with Gasteiger partial charge in [-0.3, -0.25) is 33.6 Å². The predicted molar refractivity (Wildman–Crippen MR) is 194 cm³/mol. The Morgan fingerprint density at radius 1 is 0.692 bits per heavy atom. The summed E-state index contributed by atoms with van der Waals surface area (Å²) < 4.78 is 0. The van der Waals surface area contributed by atoms with Crippen molar-refractivity contribution in [2.45, 2.75) is 123 Å². The van der Waals surface area contributed by atoms with Crippen molar-refractivity contribution in [3.8, 4) is 0 Å². The highest BCUT2D eigenvalue weighted by molar-refractivity contribution is 5.98. The summed E-state index contributed by atoms with van der Waals surface area (Å²) in [5, 5.41) is 26.5. The summed E-state index contributed by atoms with van der Waals surface area (Å²) in [5.41, 5.74) is 1.49. The molecule has 1 saturated heterocycles. The first-order chi connectivity index (χ1) is 24.6. The van der Waals surface area contributed by atoms with Crippen LogP contribution in [0.3, 0.4) is 0 Å². The summed E-state index contributed by atoms with van der Waals surface area (Å²) in [6.45, 7) is 12.4. The van der Waals surface area contributed by atoms with Crippen LogP contribution in [0.4, 0.5) is 0 Å². The molecule has 0 bridgehead atoms. The fourth-order valence-electron chi connectivity index (χ4n) is 6.08. The molecule has 15 nitrogen and oxygen atoms in total. The number of aromatic amines is 1. The van der Waals surface area contributed by atoms with Gasteiger partial charge in [0.15, 0.2) is 0 Å². The van der Waals surface area contributed by atoms with Gasteiger partial charge < -0.3 is 42.0 Å². The third kappa shape index (κ3) is 11.3. The molecule has 1 fully saturated rings. The molecule has 1 aliphatic rings. The van der Waals surface area contributed by atoms with Crippen LogP contribution in [0.15, 0.2) is 30.5 Å². The minimum Gasteiger partial charge on any atom is -0.481 e. The summed E-state index contributed by atoms with van der Waals surface area (Å²) in [5.74, 6) is -6.11. The average molecular weight is 726 g/mol. The number of hydrogen-bond donors (Lipinski definition) is 8. The van der Waals surface area contributed by atoms with Crippen molar-refractivity contribution in [2.24, 2.45) is 17.8 Å². The average Bonchev–Trinajstić information content (AvgIpc) is 3.51. The molecule has 2 heterocycles. The number of aliphatic carboxylic acids is 1. The summed E-state index contributed by atoms with van der Waals surface area (Å²) in [7, 11) is 0. The summed E-state index contributed by atoms with van der Waals surface area (Å²) in [6, 6.07) is 0.308. The molecule has 1 aliphatic heterocycles. The van der Waals surface area contributed by atoms with Crippen molar-refractivity contribution in [2.75, 3.05) is 0 Å². The number of carboxylic acid groups (broad SMARTS) is 1. The largest absolute Gasteiger partial charge is 0.481 e. The number of para-hydroxylation sites is 1. The molecule has 6 amide bonds. The highest BCUT2D eigenvalue weighted by Gasteiger charge is 2.37. The van der Waals surface area contributed by atoms with E-state index in [1.54, 1.807) is 20.0 Å². The van der Waals surface area contributed by atoms with E-state index >= 15 is 0 Å². The van der Waals surface area contributed by atoms with Crippen LogP contribution in [0.5, 0.6) is 0 Å². The normalized spacial score (nSPS) is 25.5. The number of benzene rings is 1. The van der Waals surface area contributed by atoms with Crippen LogP contribution in [0, 0.1) is 17.8 Å². The lowest BCUT2D eigenvalue weighted by Crippen LogP contribution is -2.62. The van der Waals surface area contributed by atoms with Crippen LogP contribution in [0.25, 0.3) is 10.9 Å². The van der Waals surface area contributed by atoms with E-state index in [-0.39, 0.29) is 37.0 Å². The minimum atomic E-state index is -1.39. The summed E-state index contributed by atoms with van der Waals surface area (Å²) in [4.78, 5) is 97.5. The lowest BCUT2D eigenvalue weighted by molar-refractivity contribution is -0.139. The van der Waals surface area contributed by atoms with Crippen molar-refractivity contribution < 1.29 is 38.7 Å². The zero-order valence-corrected chi connectivity index (χ0v) is 31.1. The standard InChI is InChI=1S/C37H55N7O8/c1-8-20(5)30-36(51)42-27(16-19(3)4)34(49)41-28(17-23-18-38-25-13-11-10-12-24(23)25)35(50)40-26(14-15-29(45)46)33(48)39-22(7)32(47)43-31(21(6)9-2)37(52)44-30/h10-13,18-22,26-28,30-31,38H,8-9,14-17H2,1-7H3,(H,39,48)(H,40,50)(H,41,49)(H,42,51)(H,43,47)(H,44,52)(H,45,46)/t20-,21-,22-,26+,27-,28+,30-,31+/m0/s1. The number of fused-ring (bicyclic) bond motifs is 1. The molecule has 0 spiro atoms. The van der Waals surface area contributed by atoms with Gasteiger partial charge in [-0.05, 0) is 49.1 Å².